The Bertz CT molecular complexity index is 575. The molecule has 0 unspecified atom stereocenters. The van der Waals surface area contributed by atoms with Crippen molar-refractivity contribution in [1.29, 1.82) is 0 Å². The molecule has 90 valence electrons. The minimum atomic E-state index is -3.17. The summed E-state index contributed by atoms with van der Waals surface area (Å²) in [6, 6.07) is 6.12. The average molecular weight is 254 g/mol. The first-order valence-corrected chi connectivity index (χ1v) is 6.63. The van der Waals surface area contributed by atoms with Crippen LogP contribution in [0.5, 0.6) is 5.75 Å². The second-order valence-electron chi connectivity index (χ2n) is 3.37. The van der Waals surface area contributed by atoms with Crippen molar-refractivity contribution in [3.8, 4) is 5.75 Å². The topological polar surface area (TPSA) is 82.3 Å². The number of ether oxygens (including phenoxy) is 1. The molecule has 1 aromatic carbocycles. The SMILES string of the molecule is CS(=O)(=O)c1ccc(OCc2ncno2)cc1. The van der Waals surface area contributed by atoms with E-state index in [9.17, 15) is 8.42 Å². The van der Waals surface area contributed by atoms with Gasteiger partial charge in [-0.2, -0.15) is 4.98 Å². The van der Waals surface area contributed by atoms with Crippen LogP contribution in [0.25, 0.3) is 0 Å². The van der Waals surface area contributed by atoms with Gasteiger partial charge in [-0.25, -0.2) is 8.42 Å². The van der Waals surface area contributed by atoms with E-state index in [1.807, 2.05) is 0 Å². The molecule has 0 atom stereocenters. The maximum Gasteiger partial charge on any atom is 0.264 e. The van der Waals surface area contributed by atoms with Crippen molar-refractivity contribution < 1.29 is 17.7 Å². The van der Waals surface area contributed by atoms with Crippen LogP contribution in [0.4, 0.5) is 0 Å². The number of hydrogen-bond donors (Lipinski definition) is 0. The molecule has 0 fully saturated rings. The van der Waals surface area contributed by atoms with Gasteiger partial charge in [-0.1, -0.05) is 5.16 Å². The van der Waals surface area contributed by atoms with E-state index in [1.165, 1.54) is 18.5 Å². The summed E-state index contributed by atoms with van der Waals surface area (Å²) in [5, 5.41) is 3.44. The van der Waals surface area contributed by atoms with Crippen LogP contribution in [-0.4, -0.2) is 24.8 Å². The molecule has 0 N–H and O–H groups in total. The highest BCUT2D eigenvalue weighted by Gasteiger charge is 2.07. The zero-order valence-corrected chi connectivity index (χ0v) is 9.85. The Labute approximate surface area is 98.1 Å². The fraction of sp³-hybridized carbons (Fsp3) is 0.200. The highest BCUT2D eigenvalue weighted by atomic mass is 32.2. The van der Waals surface area contributed by atoms with Gasteiger partial charge in [-0.05, 0) is 24.3 Å². The number of benzene rings is 1. The fourth-order valence-electron chi connectivity index (χ4n) is 1.19. The molecule has 6 nitrogen and oxygen atoms in total. The minimum absolute atomic E-state index is 0.151. The Kier molecular flexibility index (Phi) is 3.10. The predicted molar refractivity (Wildman–Crippen MR) is 58.2 cm³/mol. The molecule has 0 aliphatic heterocycles. The lowest BCUT2D eigenvalue weighted by Crippen LogP contribution is -1.98. The van der Waals surface area contributed by atoms with E-state index in [0.717, 1.165) is 6.26 Å². The number of sulfone groups is 1. The predicted octanol–water partition coefficient (Wildman–Crippen LogP) is 1.05. The first-order chi connectivity index (χ1) is 8.05. The lowest BCUT2D eigenvalue weighted by Gasteiger charge is -2.03. The normalized spacial score (nSPS) is 11.4. The van der Waals surface area contributed by atoms with Gasteiger partial charge >= 0.3 is 0 Å². The Morgan fingerprint density at radius 2 is 2.00 bits per heavy atom. The molecule has 0 spiro atoms. The van der Waals surface area contributed by atoms with Gasteiger partial charge in [-0.15, -0.1) is 0 Å². The van der Waals surface area contributed by atoms with E-state index in [-0.39, 0.29) is 11.5 Å². The molecule has 2 rings (SSSR count). The second kappa shape index (κ2) is 4.54. The van der Waals surface area contributed by atoms with Gasteiger partial charge in [0, 0.05) is 6.26 Å². The van der Waals surface area contributed by atoms with Crippen LogP contribution in [0.15, 0.2) is 40.0 Å². The van der Waals surface area contributed by atoms with Crippen LogP contribution < -0.4 is 4.74 Å². The van der Waals surface area contributed by atoms with Crippen LogP contribution in [0.2, 0.25) is 0 Å². The smallest absolute Gasteiger partial charge is 0.264 e. The van der Waals surface area contributed by atoms with Gasteiger partial charge in [0.2, 0.25) is 0 Å². The van der Waals surface area contributed by atoms with Gasteiger partial charge in [0.15, 0.2) is 22.8 Å². The molecule has 0 amide bonds. The molecule has 0 aliphatic rings. The quantitative estimate of drug-likeness (QED) is 0.811. The second-order valence-corrected chi connectivity index (χ2v) is 5.38. The Hall–Kier alpha value is -1.89. The third kappa shape index (κ3) is 3.04. The van der Waals surface area contributed by atoms with E-state index in [4.69, 9.17) is 9.26 Å². The van der Waals surface area contributed by atoms with Crippen LogP contribution in [-0.2, 0) is 16.4 Å². The monoisotopic (exact) mass is 254 g/mol. The standard InChI is InChI=1S/C10H10N2O4S/c1-17(13,14)9-4-2-8(3-5-9)15-6-10-11-7-12-16-10/h2-5,7H,6H2,1H3. The van der Waals surface area contributed by atoms with Crippen molar-refractivity contribution >= 4 is 9.84 Å². The zero-order valence-electron chi connectivity index (χ0n) is 9.03. The summed E-state index contributed by atoms with van der Waals surface area (Å²) in [5.41, 5.74) is 0. The van der Waals surface area contributed by atoms with Crippen LogP contribution in [0.1, 0.15) is 5.89 Å². The van der Waals surface area contributed by atoms with Gasteiger partial charge < -0.3 is 9.26 Å². The highest BCUT2D eigenvalue weighted by molar-refractivity contribution is 7.90. The minimum Gasteiger partial charge on any atom is -0.484 e. The van der Waals surface area contributed by atoms with E-state index in [2.05, 4.69) is 10.1 Å². The average Bonchev–Trinajstić information content (AvgIpc) is 2.78. The Morgan fingerprint density at radius 1 is 1.29 bits per heavy atom. The number of nitrogens with zero attached hydrogens (tertiary/aromatic N) is 2. The first-order valence-electron chi connectivity index (χ1n) is 4.74. The summed E-state index contributed by atoms with van der Waals surface area (Å²) in [6.45, 7) is 0.151. The van der Waals surface area contributed by atoms with Gasteiger partial charge in [-0.3, -0.25) is 0 Å². The third-order valence-electron chi connectivity index (χ3n) is 2.02. The molecular formula is C10H10N2O4S. The van der Waals surface area contributed by atoms with E-state index in [1.54, 1.807) is 12.1 Å². The Morgan fingerprint density at radius 3 is 2.53 bits per heavy atom. The highest BCUT2D eigenvalue weighted by Crippen LogP contribution is 2.16. The van der Waals surface area contributed by atoms with Crippen molar-refractivity contribution in [2.75, 3.05) is 6.26 Å². The lowest BCUT2D eigenvalue weighted by molar-refractivity contribution is 0.242. The molecule has 0 saturated heterocycles. The van der Waals surface area contributed by atoms with Gasteiger partial charge in [0.05, 0.1) is 4.90 Å². The molecule has 0 saturated carbocycles. The zero-order chi connectivity index (χ0) is 12.3. The molecule has 0 bridgehead atoms. The number of hydrogen-bond acceptors (Lipinski definition) is 6. The molecule has 0 radical (unpaired) electrons. The number of aromatic nitrogens is 2. The fourth-order valence-corrected chi connectivity index (χ4v) is 1.82. The van der Waals surface area contributed by atoms with Crippen molar-refractivity contribution in [2.45, 2.75) is 11.5 Å². The largest absolute Gasteiger partial charge is 0.484 e. The molecule has 1 aromatic heterocycles. The molecule has 1 heterocycles. The van der Waals surface area contributed by atoms with Crippen molar-refractivity contribution in [3.63, 3.8) is 0 Å². The molecule has 0 aliphatic carbocycles. The molecule has 17 heavy (non-hydrogen) atoms. The van der Waals surface area contributed by atoms with Crippen LogP contribution in [0, 0.1) is 0 Å². The maximum atomic E-state index is 11.2. The van der Waals surface area contributed by atoms with E-state index >= 15 is 0 Å². The summed E-state index contributed by atoms with van der Waals surface area (Å²) in [7, 11) is -3.17. The van der Waals surface area contributed by atoms with E-state index in [0.29, 0.717) is 11.6 Å². The van der Waals surface area contributed by atoms with Crippen molar-refractivity contribution in [1.82, 2.24) is 10.1 Å². The Balaban J connectivity index is 2.04. The number of rotatable bonds is 4. The summed E-state index contributed by atoms with van der Waals surface area (Å²) in [5.74, 6) is 0.896. The molecule has 2 aromatic rings. The summed E-state index contributed by atoms with van der Waals surface area (Å²) in [6.07, 6.45) is 2.44. The molecule has 7 heteroatoms. The summed E-state index contributed by atoms with van der Waals surface area (Å²) in [4.78, 5) is 4.04. The van der Waals surface area contributed by atoms with Crippen molar-refractivity contribution in [3.05, 3.63) is 36.5 Å². The van der Waals surface area contributed by atoms with Crippen molar-refractivity contribution in [2.24, 2.45) is 0 Å². The van der Waals surface area contributed by atoms with Crippen LogP contribution in [0.3, 0.4) is 0 Å². The maximum absolute atomic E-state index is 11.2. The van der Waals surface area contributed by atoms with E-state index < -0.39 is 9.84 Å². The first kappa shape index (κ1) is 11.6. The summed E-state index contributed by atoms with van der Waals surface area (Å²) >= 11 is 0. The summed E-state index contributed by atoms with van der Waals surface area (Å²) < 4.78 is 32.5. The third-order valence-corrected chi connectivity index (χ3v) is 3.15. The van der Waals surface area contributed by atoms with Crippen LogP contribution >= 0.6 is 0 Å². The van der Waals surface area contributed by atoms with Gasteiger partial charge in [0.25, 0.3) is 5.89 Å². The van der Waals surface area contributed by atoms with Gasteiger partial charge in [0.1, 0.15) is 5.75 Å². The lowest BCUT2D eigenvalue weighted by atomic mass is 10.3. The molecular weight excluding hydrogens is 244 g/mol.